The van der Waals surface area contributed by atoms with Gasteiger partial charge in [0.05, 0.1) is 12.7 Å². The van der Waals surface area contributed by atoms with Crippen LogP contribution in [0.15, 0.2) is 27.2 Å². The lowest BCUT2D eigenvalue weighted by Gasteiger charge is -2.04. The molecular weight excluding hydrogens is 300 g/mol. The van der Waals surface area contributed by atoms with E-state index in [1.165, 1.54) is 0 Å². The molecule has 2 rings (SSSR count). The van der Waals surface area contributed by atoms with Crippen molar-refractivity contribution >= 4 is 15.9 Å². The van der Waals surface area contributed by atoms with E-state index in [0.717, 1.165) is 4.47 Å². The van der Waals surface area contributed by atoms with Gasteiger partial charge in [0, 0.05) is 4.47 Å². The Morgan fingerprint density at radius 3 is 2.94 bits per heavy atom. The molecule has 0 saturated carbocycles. The van der Waals surface area contributed by atoms with E-state index < -0.39 is 6.10 Å². The number of aromatic nitrogens is 2. The largest absolute Gasteiger partial charge is 0.496 e. The summed E-state index contributed by atoms with van der Waals surface area (Å²) >= 11 is 3.36. The highest BCUT2D eigenvalue weighted by Crippen LogP contribution is 2.32. The lowest BCUT2D eigenvalue weighted by Crippen LogP contribution is -1.97. The van der Waals surface area contributed by atoms with E-state index in [1.807, 2.05) is 25.1 Å². The van der Waals surface area contributed by atoms with Gasteiger partial charge in [0.15, 0.2) is 0 Å². The fourth-order valence-corrected chi connectivity index (χ4v) is 1.84. The first-order valence-corrected chi connectivity index (χ1v) is 6.30. The normalized spacial score (nSPS) is 12.4. The zero-order chi connectivity index (χ0) is 13.1. The minimum atomic E-state index is -0.705. The molecule has 0 amide bonds. The molecule has 0 aliphatic heterocycles. The van der Waals surface area contributed by atoms with Gasteiger partial charge in [0.1, 0.15) is 11.9 Å². The Morgan fingerprint density at radius 2 is 2.28 bits per heavy atom. The molecule has 2 aromatic rings. The summed E-state index contributed by atoms with van der Waals surface area (Å²) in [7, 11) is 1.57. The first kappa shape index (κ1) is 13.0. The third-order valence-corrected chi connectivity index (χ3v) is 3.01. The van der Waals surface area contributed by atoms with Crippen LogP contribution in [0.5, 0.6) is 5.75 Å². The highest BCUT2D eigenvalue weighted by molar-refractivity contribution is 9.10. The van der Waals surface area contributed by atoms with Gasteiger partial charge < -0.3 is 14.4 Å². The molecule has 0 saturated heterocycles. The minimum absolute atomic E-state index is 0.289. The topological polar surface area (TPSA) is 68.4 Å². The van der Waals surface area contributed by atoms with Crippen molar-refractivity contribution in [3.05, 3.63) is 28.5 Å². The van der Waals surface area contributed by atoms with Crippen molar-refractivity contribution in [3.8, 4) is 17.2 Å². The van der Waals surface area contributed by atoms with Crippen LogP contribution < -0.4 is 4.74 Å². The maximum absolute atomic E-state index is 9.64. The van der Waals surface area contributed by atoms with Crippen LogP contribution in [0.25, 0.3) is 11.5 Å². The molecule has 1 aromatic carbocycles. The average molecular weight is 313 g/mol. The maximum atomic E-state index is 9.64. The number of benzene rings is 1. The first-order valence-electron chi connectivity index (χ1n) is 5.51. The Labute approximate surface area is 113 Å². The third kappa shape index (κ3) is 2.54. The van der Waals surface area contributed by atoms with Crippen molar-refractivity contribution < 1.29 is 14.4 Å². The third-order valence-electron chi connectivity index (χ3n) is 2.52. The summed E-state index contributed by atoms with van der Waals surface area (Å²) in [5, 5.41) is 13.4. The molecule has 1 aromatic heterocycles. The van der Waals surface area contributed by atoms with Crippen LogP contribution in [0, 0.1) is 0 Å². The van der Waals surface area contributed by atoms with Crippen molar-refractivity contribution in [2.75, 3.05) is 7.11 Å². The number of methoxy groups -OCH3 is 1. The Bertz CT molecular complexity index is 542. The standard InChI is InChI=1S/C12H13BrN2O3/c1-3-9(16)11-14-12(18-15-11)8-5-4-7(13)6-10(8)17-2/h4-6,9,16H,3H2,1-2H3. The summed E-state index contributed by atoms with van der Waals surface area (Å²) in [4.78, 5) is 4.17. The molecule has 0 radical (unpaired) electrons. The molecular formula is C12H13BrN2O3. The van der Waals surface area contributed by atoms with Gasteiger partial charge in [-0.25, -0.2) is 0 Å². The zero-order valence-corrected chi connectivity index (χ0v) is 11.6. The average Bonchev–Trinajstić information content (AvgIpc) is 2.87. The number of hydrogen-bond acceptors (Lipinski definition) is 5. The monoisotopic (exact) mass is 312 g/mol. The van der Waals surface area contributed by atoms with Crippen LogP contribution in [-0.4, -0.2) is 22.4 Å². The summed E-state index contributed by atoms with van der Waals surface area (Å²) in [6.45, 7) is 1.85. The molecule has 0 fully saturated rings. The quantitative estimate of drug-likeness (QED) is 0.940. The highest BCUT2D eigenvalue weighted by atomic mass is 79.9. The van der Waals surface area contributed by atoms with E-state index in [2.05, 4.69) is 26.1 Å². The molecule has 1 heterocycles. The van der Waals surface area contributed by atoms with Crippen molar-refractivity contribution in [1.82, 2.24) is 10.1 Å². The maximum Gasteiger partial charge on any atom is 0.261 e. The van der Waals surface area contributed by atoms with Crippen molar-refractivity contribution in [3.63, 3.8) is 0 Å². The van der Waals surface area contributed by atoms with Gasteiger partial charge in [0.2, 0.25) is 5.82 Å². The zero-order valence-electron chi connectivity index (χ0n) is 10.1. The van der Waals surface area contributed by atoms with E-state index in [4.69, 9.17) is 9.26 Å². The number of aliphatic hydroxyl groups excluding tert-OH is 1. The summed E-state index contributed by atoms with van der Waals surface area (Å²) in [6.07, 6.45) is -0.167. The van der Waals surface area contributed by atoms with Gasteiger partial charge in [0.25, 0.3) is 5.89 Å². The SMILES string of the molecule is CCC(O)c1noc(-c2ccc(Br)cc2OC)n1. The van der Waals surface area contributed by atoms with Crippen molar-refractivity contribution in [2.45, 2.75) is 19.4 Å². The summed E-state index contributed by atoms with van der Waals surface area (Å²) in [6, 6.07) is 5.49. The Balaban J connectivity index is 2.39. The predicted molar refractivity (Wildman–Crippen MR) is 69.2 cm³/mol. The van der Waals surface area contributed by atoms with E-state index in [1.54, 1.807) is 7.11 Å². The summed E-state index contributed by atoms with van der Waals surface area (Å²) < 4.78 is 11.3. The van der Waals surface area contributed by atoms with Gasteiger partial charge >= 0.3 is 0 Å². The lowest BCUT2D eigenvalue weighted by atomic mass is 10.2. The lowest BCUT2D eigenvalue weighted by molar-refractivity contribution is 0.159. The van der Waals surface area contributed by atoms with E-state index in [-0.39, 0.29) is 5.82 Å². The molecule has 0 spiro atoms. The molecule has 1 unspecified atom stereocenters. The molecule has 1 N–H and O–H groups in total. The van der Waals surface area contributed by atoms with Crippen LogP contribution in [0.1, 0.15) is 25.3 Å². The van der Waals surface area contributed by atoms with Crippen molar-refractivity contribution in [2.24, 2.45) is 0 Å². The number of rotatable bonds is 4. The summed E-state index contributed by atoms with van der Waals surface area (Å²) in [5.41, 5.74) is 0.697. The number of hydrogen-bond donors (Lipinski definition) is 1. The molecule has 1 atom stereocenters. The number of nitrogens with zero attached hydrogens (tertiary/aromatic N) is 2. The molecule has 0 aliphatic rings. The second-order valence-electron chi connectivity index (χ2n) is 3.73. The smallest absolute Gasteiger partial charge is 0.261 e. The fourth-order valence-electron chi connectivity index (χ4n) is 1.50. The number of halogens is 1. The second kappa shape index (κ2) is 5.49. The van der Waals surface area contributed by atoms with Crippen LogP contribution in [-0.2, 0) is 0 Å². The van der Waals surface area contributed by atoms with Crippen LogP contribution in [0.3, 0.4) is 0 Å². The van der Waals surface area contributed by atoms with Gasteiger partial charge in [-0.05, 0) is 24.6 Å². The molecule has 5 nitrogen and oxygen atoms in total. The van der Waals surface area contributed by atoms with E-state index in [9.17, 15) is 5.11 Å². The predicted octanol–water partition coefficient (Wildman–Crippen LogP) is 2.95. The number of aliphatic hydroxyl groups is 1. The Kier molecular flexibility index (Phi) is 3.98. The molecule has 18 heavy (non-hydrogen) atoms. The highest BCUT2D eigenvalue weighted by Gasteiger charge is 2.17. The van der Waals surface area contributed by atoms with Gasteiger partial charge in [-0.3, -0.25) is 0 Å². The van der Waals surface area contributed by atoms with Gasteiger partial charge in [-0.2, -0.15) is 4.98 Å². The van der Waals surface area contributed by atoms with Crippen molar-refractivity contribution in [1.29, 1.82) is 0 Å². The van der Waals surface area contributed by atoms with Crippen LogP contribution in [0.2, 0.25) is 0 Å². The molecule has 0 aliphatic carbocycles. The van der Waals surface area contributed by atoms with Crippen LogP contribution >= 0.6 is 15.9 Å². The van der Waals surface area contributed by atoms with Gasteiger partial charge in [-0.15, -0.1) is 0 Å². The van der Waals surface area contributed by atoms with Gasteiger partial charge in [-0.1, -0.05) is 28.0 Å². The minimum Gasteiger partial charge on any atom is -0.496 e. The number of ether oxygens (including phenoxy) is 1. The fraction of sp³-hybridized carbons (Fsp3) is 0.333. The summed E-state index contributed by atoms with van der Waals surface area (Å²) in [5.74, 6) is 1.25. The first-order chi connectivity index (χ1) is 8.65. The van der Waals surface area contributed by atoms with Crippen LogP contribution in [0.4, 0.5) is 0 Å². The second-order valence-corrected chi connectivity index (χ2v) is 4.64. The molecule has 96 valence electrons. The van der Waals surface area contributed by atoms with E-state index in [0.29, 0.717) is 23.6 Å². The van der Waals surface area contributed by atoms with E-state index >= 15 is 0 Å². The Morgan fingerprint density at radius 1 is 1.50 bits per heavy atom. The molecule has 6 heteroatoms. The Hall–Kier alpha value is -1.40. The molecule has 0 bridgehead atoms.